The van der Waals surface area contributed by atoms with Gasteiger partial charge in [-0.2, -0.15) is 0 Å². The number of hydrogen-bond acceptors (Lipinski definition) is 7. The lowest BCUT2D eigenvalue weighted by Gasteiger charge is -2.21. The number of thiazole rings is 1. The topological polar surface area (TPSA) is 94.8 Å². The molecule has 0 aliphatic carbocycles. The number of hydrogen-bond donors (Lipinski definition) is 1. The van der Waals surface area contributed by atoms with Crippen LogP contribution in [0.1, 0.15) is 31.8 Å². The summed E-state index contributed by atoms with van der Waals surface area (Å²) in [6.07, 6.45) is 0. The SMILES string of the molecule is Nc1ccc2nc(N(C(=O)c3ccccc3OCc3ccccc3Cl)C(=O)c3ccccc3OCc3ccccc3Cl)sc2c1. The molecule has 0 aliphatic heterocycles. The lowest BCUT2D eigenvalue weighted by molar-refractivity contribution is 0.0893. The number of nitrogen functional groups attached to an aromatic ring is 1. The van der Waals surface area contributed by atoms with Gasteiger partial charge < -0.3 is 15.2 Å². The zero-order valence-corrected chi connectivity index (χ0v) is 26.0. The van der Waals surface area contributed by atoms with Crippen LogP contribution in [0.15, 0.2) is 115 Å². The van der Waals surface area contributed by atoms with E-state index in [9.17, 15) is 9.59 Å². The highest BCUT2D eigenvalue weighted by Crippen LogP contribution is 2.35. The van der Waals surface area contributed by atoms with E-state index in [0.717, 1.165) is 20.7 Å². The van der Waals surface area contributed by atoms with Crippen LogP contribution >= 0.6 is 34.5 Å². The van der Waals surface area contributed by atoms with Gasteiger partial charge in [0.1, 0.15) is 24.7 Å². The van der Waals surface area contributed by atoms with E-state index in [0.29, 0.717) is 21.2 Å². The average Bonchev–Trinajstić information content (AvgIpc) is 3.46. The molecule has 1 aromatic heterocycles. The van der Waals surface area contributed by atoms with Crippen LogP contribution < -0.4 is 20.1 Å². The lowest BCUT2D eigenvalue weighted by atomic mass is 10.1. The van der Waals surface area contributed by atoms with E-state index >= 15 is 0 Å². The van der Waals surface area contributed by atoms with E-state index in [1.807, 2.05) is 36.4 Å². The van der Waals surface area contributed by atoms with E-state index in [4.69, 9.17) is 38.4 Å². The van der Waals surface area contributed by atoms with E-state index in [2.05, 4.69) is 4.98 Å². The summed E-state index contributed by atoms with van der Waals surface area (Å²) >= 11 is 13.8. The Morgan fingerprint density at radius 2 is 1.18 bits per heavy atom. The fourth-order valence-electron chi connectivity index (χ4n) is 4.61. The molecule has 0 spiro atoms. The molecule has 0 bridgehead atoms. The van der Waals surface area contributed by atoms with Gasteiger partial charge in [-0.1, -0.05) is 95.2 Å². The van der Waals surface area contributed by atoms with Crippen molar-refractivity contribution in [3.8, 4) is 11.5 Å². The molecule has 2 amide bonds. The number of amides is 2. The Hall–Kier alpha value is -4.89. The second-order valence-corrected chi connectivity index (χ2v) is 11.7. The van der Waals surface area contributed by atoms with Crippen molar-refractivity contribution in [1.29, 1.82) is 0 Å². The quantitative estimate of drug-likeness (QED) is 0.124. The molecular formula is C35H25Cl2N3O4S. The molecule has 45 heavy (non-hydrogen) atoms. The van der Waals surface area contributed by atoms with Crippen molar-refractivity contribution in [2.75, 3.05) is 10.6 Å². The van der Waals surface area contributed by atoms with Crippen molar-refractivity contribution in [2.45, 2.75) is 13.2 Å². The summed E-state index contributed by atoms with van der Waals surface area (Å²) in [5.41, 5.74) is 9.00. The van der Waals surface area contributed by atoms with Gasteiger partial charge in [-0.15, -0.1) is 0 Å². The first kappa shape index (κ1) is 30.1. The van der Waals surface area contributed by atoms with Crippen molar-refractivity contribution in [2.24, 2.45) is 0 Å². The maximum atomic E-state index is 14.4. The highest BCUT2D eigenvalue weighted by atomic mass is 35.5. The van der Waals surface area contributed by atoms with Gasteiger partial charge in [-0.05, 0) is 54.6 Å². The first-order valence-corrected chi connectivity index (χ1v) is 15.4. The minimum atomic E-state index is -0.623. The second kappa shape index (κ2) is 13.4. The van der Waals surface area contributed by atoms with Gasteiger partial charge in [0.2, 0.25) is 5.13 Å². The molecule has 0 radical (unpaired) electrons. The number of para-hydroxylation sites is 2. The molecule has 1 heterocycles. The average molecular weight is 655 g/mol. The first-order chi connectivity index (χ1) is 21.9. The van der Waals surface area contributed by atoms with Crippen LogP contribution in [0.25, 0.3) is 10.2 Å². The minimum Gasteiger partial charge on any atom is -0.488 e. The number of nitrogens with two attached hydrogens (primary N) is 1. The summed E-state index contributed by atoms with van der Waals surface area (Å²) in [5.74, 6) is -0.673. The van der Waals surface area contributed by atoms with E-state index in [-0.39, 0.29) is 41.0 Å². The van der Waals surface area contributed by atoms with Crippen LogP contribution in [-0.2, 0) is 13.2 Å². The number of imide groups is 1. The number of rotatable bonds is 9. The van der Waals surface area contributed by atoms with Crippen LogP contribution in [0.5, 0.6) is 11.5 Å². The molecule has 0 atom stereocenters. The highest BCUT2D eigenvalue weighted by molar-refractivity contribution is 7.22. The van der Waals surface area contributed by atoms with Crippen molar-refractivity contribution < 1.29 is 19.1 Å². The lowest BCUT2D eigenvalue weighted by Crippen LogP contribution is -2.37. The van der Waals surface area contributed by atoms with E-state index < -0.39 is 11.8 Å². The Balaban J connectivity index is 1.39. The molecule has 0 aliphatic rings. The maximum Gasteiger partial charge on any atom is 0.270 e. The second-order valence-electron chi connectivity index (χ2n) is 9.92. The monoisotopic (exact) mass is 653 g/mol. The molecule has 0 unspecified atom stereocenters. The molecule has 224 valence electrons. The zero-order valence-electron chi connectivity index (χ0n) is 23.7. The minimum absolute atomic E-state index is 0.122. The van der Waals surface area contributed by atoms with Gasteiger partial charge in [0.25, 0.3) is 11.8 Å². The Morgan fingerprint density at radius 3 is 1.71 bits per heavy atom. The van der Waals surface area contributed by atoms with Gasteiger partial charge in [0.15, 0.2) is 0 Å². The predicted octanol–water partition coefficient (Wildman–Crippen LogP) is 8.83. The molecule has 6 rings (SSSR count). The van der Waals surface area contributed by atoms with Crippen LogP contribution in [-0.4, -0.2) is 16.8 Å². The summed E-state index contributed by atoms with van der Waals surface area (Å²) in [5, 5.41) is 1.26. The largest absolute Gasteiger partial charge is 0.488 e. The Morgan fingerprint density at radius 1 is 0.689 bits per heavy atom. The van der Waals surface area contributed by atoms with Gasteiger partial charge in [-0.3, -0.25) is 9.59 Å². The molecule has 10 heteroatoms. The molecule has 2 N–H and O–H groups in total. The number of nitrogens with zero attached hydrogens (tertiary/aromatic N) is 2. The summed E-state index contributed by atoms with van der Waals surface area (Å²) in [4.78, 5) is 34.5. The molecule has 0 saturated heterocycles. The van der Waals surface area contributed by atoms with E-state index in [1.165, 1.54) is 11.3 Å². The number of anilines is 2. The zero-order chi connectivity index (χ0) is 31.3. The number of halogens is 2. The fourth-order valence-corrected chi connectivity index (χ4v) is 6.00. The normalized spacial score (nSPS) is 10.9. The van der Waals surface area contributed by atoms with Crippen molar-refractivity contribution in [3.05, 3.63) is 148 Å². The Kier molecular flexibility index (Phi) is 8.98. The van der Waals surface area contributed by atoms with Gasteiger partial charge >= 0.3 is 0 Å². The molecule has 0 saturated carbocycles. The number of carbonyl (C=O) groups excluding carboxylic acids is 2. The molecule has 7 nitrogen and oxygen atoms in total. The number of ether oxygens (including phenoxy) is 2. The molecular weight excluding hydrogens is 629 g/mol. The summed E-state index contributed by atoms with van der Waals surface area (Å²) in [7, 11) is 0. The third-order valence-corrected chi connectivity index (χ3v) is 8.66. The van der Waals surface area contributed by atoms with E-state index in [1.54, 1.807) is 78.9 Å². The third kappa shape index (κ3) is 6.63. The number of fused-ring (bicyclic) bond motifs is 1. The van der Waals surface area contributed by atoms with Gasteiger partial charge in [-0.25, -0.2) is 9.88 Å². The molecule has 0 fully saturated rings. The van der Waals surface area contributed by atoms with Crippen molar-refractivity contribution in [1.82, 2.24) is 4.98 Å². The van der Waals surface area contributed by atoms with Crippen LogP contribution in [0.3, 0.4) is 0 Å². The van der Waals surface area contributed by atoms with Crippen molar-refractivity contribution in [3.63, 3.8) is 0 Å². The predicted molar refractivity (Wildman–Crippen MR) is 180 cm³/mol. The molecule has 5 aromatic carbocycles. The Bertz CT molecular complexity index is 1930. The summed E-state index contributed by atoms with van der Waals surface area (Å²) in [6, 6.07) is 33.3. The van der Waals surface area contributed by atoms with Crippen molar-refractivity contribution >= 4 is 67.4 Å². The smallest absolute Gasteiger partial charge is 0.270 e. The summed E-state index contributed by atoms with van der Waals surface area (Å²) < 4.78 is 12.9. The Labute approximate surface area is 273 Å². The third-order valence-electron chi connectivity index (χ3n) is 6.92. The number of carbonyl (C=O) groups is 2. The fraction of sp³-hybridized carbons (Fsp3) is 0.0571. The highest BCUT2D eigenvalue weighted by Gasteiger charge is 2.32. The standard InChI is InChI=1S/C35H25Cl2N3O4S/c36-27-13-5-1-9-22(27)20-43-30-15-7-3-11-25(30)33(41)40(35-39-29-18-17-24(38)19-32(29)45-35)34(42)26-12-4-8-16-31(26)44-21-23-10-2-6-14-28(23)37/h1-19H,20-21,38H2. The van der Waals surface area contributed by atoms with Gasteiger partial charge in [0.05, 0.1) is 21.3 Å². The summed E-state index contributed by atoms with van der Waals surface area (Å²) in [6.45, 7) is 0.244. The van der Waals surface area contributed by atoms with Crippen LogP contribution in [0.2, 0.25) is 10.0 Å². The first-order valence-electron chi connectivity index (χ1n) is 13.8. The van der Waals surface area contributed by atoms with Crippen LogP contribution in [0, 0.1) is 0 Å². The van der Waals surface area contributed by atoms with Crippen LogP contribution in [0.4, 0.5) is 10.8 Å². The number of aromatic nitrogens is 1. The molecule has 6 aromatic rings. The van der Waals surface area contributed by atoms with Gasteiger partial charge in [0, 0.05) is 26.9 Å². The number of benzene rings is 5. The maximum absolute atomic E-state index is 14.4.